The molecule has 2 aromatic carbocycles. The Bertz CT molecular complexity index is 1810. The monoisotopic (exact) mass is 496 g/mol. The lowest BCUT2D eigenvalue weighted by Gasteiger charge is -2.13. The Morgan fingerprint density at radius 1 is 0.972 bits per heavy atom. The maximum Gasteiger partial charge on any atom is 0.241 e. The quantitative estimate of drug-likeness (QED) is 0.364. The maximum absolute atomic E-state index is 13.3. The first-order chi connectivity index (χ1) is 17.5. The number of aromatic nitrogens is 5. The molecule has 0 atom stereocenters. The molecule has 0 aliphatic heterocycles. The summed E-state index contributed by atoms with van der Waals surface area (Å²) in [6.07, 6.45) is 4.84. The first-order valence-corrected chi connectivity index (χ1v) is 12.7. The summed E-state index contributed by atoms with van der Waals surface area (Å²) in [6, 6.07) is 20.2. The Hall–Kier alpha value is -4.41. The van der Waals surface area contributed by atoms with Crippen LogP contribution in [0.25, 0.3) is 39.3 Å². The van der Waals surface area contributed by atoms with Gasteiger partial charge in [0.15, 0.2) is 11.4 Å². The van der Waals surface area contributed by atoms with E-state index < -0.39 is 10.0 Å². The molecular formula is C26H20N6O3S. The number of rotatable bonds is 6. The molecule has 0 saturated heterocycles. The number of nitrogens with one attached hydrogen (secondary N) is 1. The van der Waals surface area contributed by atoms with E-state index in [1.165, 1.54) is 0 Å². The van der Waals surface area contributed by atoms with Crippen molar-refractivity contribution in [3.63, 3.8) is 0 Å². The van der Waals surface area contributed by atoms with E-state index >= 15 is 0 Å². The molecule has 0 saturated carbocycles. The molecule has 4 heterocycles. The van der Waals surface area contributed by atoms with Crippen molar-refractivity contribution in [1.82, 2.24) is 29.5 Å². The summed E-state index contributed by atoms with van der Waals surface area (Å²) in [6.45, 7) is 1.91. The number of pyridine rings is 1. The lowest BCUT2D eigenvalue weighted by atomic mass is 10.0. The van der Waals surface area contributed by atoms with E-state index in [1.54, 1.807) is 60.4 Å². The van der Waals surface area contributed by atoms with Gasteiger partial charge in [0, 0.05) is 35.3 Å². The summed E-state index contributed by atoms with van der Waals surface area (Å²) in [4.78, 5) is 4.23. The van der Waals surface area contributed by atoms with E-state index in [9.17, 15) is 8.42 Å². The second-order valence-corrected chi connectivity index (χ2v) is 10.0. The number of sulfonamides is 1. The van der Waals surface area contributed by atoms with Gasteiger partial charge in [0.05, 0.1) is 16.9 Å². The van der Waals surface area contributed by atoms with E-state index in [0.29, 0.717) is 34.1 Å². The van der Waals surface area contributed by atoms with Gasteiger partial charge in [-0.05, 0) is 42.3 Å². The van der Waals surface area contributed by atoms with Gasteiger partial charge < -0.3 is 4.42 Å². The molecule has 0 radical (unpaired) electrons. The van der Waals surface area contributed by atoms with Crippen molar-refractivity contribution in [2.24, 2.45) is 0 Å². The molecule has 4 aromatic heterocycles. The Balaban J connectivity index is 1.49. The SMILES string of the molecule is Cc1ccc(-c2nn3c(-c4ccco4)nnc3c3ccccc23)cc1S(=O)(=O)NCc1cccnc1. The fraction of sp³-hybridized carbons (Fsp3) is 0.0769. The molecule has 1 N–H and O–H groups in total. The highest BCUT2D eigenvalue weighted by Crippen LogP contribution is 2.32. The van der Waals surface area contributed by atoms with Crippen LogP contribution in [0.1, 0.15) is 11.1 Å². The molecule has 0 aliphatic rings. The second-order valence-electron chi connectivity index (χ2n) is 8.30. The largest absolute Gasteiger partial charge is 0.461 e. The Labute approximate surface area is 206 Å². The third-order valence-electron chi connectivity index (χ3n) is 5.95. The summed E-state index contributed by atoms with van der Waals surface area (Å²) >= 11 is 0. The maximum atomic E-state index is 13.3. The van der Waals surface area contributed by atoms with Gasteiger partial charge in [0.2, 0.25) is 15.8 Å². The summed E-state index contributed by atoms with van der Waals surface area (Å²) in [5.74, 6) is 0.989. The minimum absolute atomic E-state index is 0.139. The van der Waals surface area contributed by atoms with Crippen LogP contribution in [0, 0.1) is 6.92 Å². The van der Waals surface area contributed by atoms with E-state index in [0.717, 1.165) is 16.3 Å². The van der Waals surface area contributed by atoms with Crippen LogP contribution in [-0.4, -0.2) is 33.2 Å². The molecule has 6 rings (SSSR count). The Morgan fingerprint density at radius 3 is 2.61 bits per heavy atom. The lowest BCUT2D eigenvalue weighted by Crippen LogP contribution is -2.24. The highest BCUT2D eigenvalue weighted by Gasteiger charge is 2.21. The van der Waals surface area contributed by atoms with Gasteiger partial charge in [-0.1, -0.05) is 42.5 Å². The van der Waals surface area contributed by atoms with Crippen molar-refractivity contribution < 1.29 is 12.8 Å². The average Bonchev–Trinajstić information content (AvgIpc) is 3.58. The minimum atomic E-state index is -3.80. The van der Waals surface area contributed by atoms with Gasteiger partial charge in [-0.15, -0.1) is 10.2 Å². The molecule has 0 fully saturated rings. The van der Waals surface area contributed by atoms with E-state index in [-0.39, 0.29) is 11.4 Å². The van der Waals surface area contributed by atoms with Crippen molar-refractivity contribution >= 4 is 26.4 Å². The number of furan rings is 1. The van der Waals surface area contributed by atoms with Crippen LogP contribution in [0.15, 0.2) is 94.7 Å². The number of benzene rings is 2. The Kier molecular flexibility index (Phi) is 5.32. The number of fused-ring (bicyclic) bond motifs is 3. The molecule has 9 nitrogen and oxygen atoms in total. The van der Waals surface area contributed by atoms with Crippen molar-refractivity contribution in [3.05, 3.63) is 96.5 Å². The van der Waals surface area contributed by atoms with Gasteiger partial charge in [-0.3, -0.25) is 4.98 Å². The normalized spacial score (nSPS) is 11.9. The zero-order chi connectivity index (χ0) is 24.7. The van der Waals surface area contributed by atoms with E-state index in [4.69, 9.17) is 9.52 Å². The smallest absolute Gasteiger partial charge is 0.241 e. The van der Waals surface area contributed by atoms with Gasteiger partial charge >= 0.3 is 0 Å². The van der Waals surface area contributed by atoms with E-state index in [2.05, 4.69) is 19.9 Å². The zero-order valence-electron chi connectivity index (χ0n) is 19.2. The van der Waals surface area contributed by atoms with Crippen LogP contribution in [0.3, 0.4) is 0 Å². The third kappa shape index (κ3) is 3.82. The predicted octanol–water partition coefficient (Wildman–Crippen LogP) is 4.39. The van der Waals surface area contributed by atoms with Crippen LogP contribution >= 0.6 is 0 Å². The summed E-state index contributed by atoms with van der Waals surface area (Å²) in [5, 5.41) is 15.2. The second kappa shape index (κ2) is 8.67. The van der Waals surface area contributed by atoms with Crippen molar-refractivity contribution in [2.75, 3.05) is 0 Å². The minimum Gasteiger partial charge on any atom is -0.461 e. The molecular weight excluding hydrogens is 476 g/mol. The standard InChI is InChI=1S/C26H20N6O3S/c1-17-10-11-19(14-23(17)36(33,34)28-16-18-6-4-12-27-15-18)24-20-7-2-3-8-21(20)25-29-30-26(32(25)31-24)22-9-5-13-35-22/h2-15,28H,16H2,1H3. The molecule has 178 valence electrons. The highest BCUT2D eigenvalue weighted by molar-refractivity contribution is 7.89. The highest BCUT2D eigenvalue weighted by atomic mass is 32.2. The zero-order valence-corrected chi connectivity index (χ0v) is 20.0. The van der Waals surface area contributed by atoms with Crippen molar-refractivity contribution in [3.8, 4) is 22.8 Å². The Morgan fingerprint density at radius 2 is 1.83 bits per heavy atom. The summed E-state index contributed by atoms with van der Waals surface area (Å²) < 4.78 is 36.4. The third-order valence-corrected chi connectivity index (χ3v) is 7.49. The van der Waals surface area contributed by atoms with E-state index in [1.807, 2.05) is 36.4 Å². The summed E-state index contributed by atoms with van der Waals surface area (Å²) in [7, 11) is -3.80. The fourth-order valence-corrected chi connectivity index (χ4v) is 5.44. The molecule has 10 heteroatoms. The predicted molar refractivity (Wildman–Crippen MR) is 134 cm³/mol. The molecule has 6 aromatic rings. The topological polar surface area (TPSA) is 115 Å². The fourth-order valence-electron chi connectivity index (χ4n) is 4.15. The summed E-state index contributed by atoms with van der Waals surface area (Å²) in [5.41, 5.74) is 3.24. The molecule has 0 unspecified atom stereocenters. The van der Waals surface area contributed by atoms with Crippen LogP contribution in [0.4, 0.5) is 0 Å². The number of aryl methyl sites for hydroxylation is 1. The average molecular weight is 497 g/mol. The molecule has 0 aliphatic carbocycles. The van der Waals surface area contributed by atoms with Crippen LogP contribution in [-0.2, 0) is 16.6 Å². The molecule has 0 amide bonds. The molecule has 36 heavy (non-hydrogen) atoms. The van der Waals surface area contributed by atoms with Gasteiger partial charge in [-0.2, -0.15) is 9.61 Å². The number of hydrogen-bond acceptors (Lipinski definition) is 7. The lowest BCUT2D eigenvalue weighted by molar-refractivity contribution is 0.574. The van der Waals surface area contributed by atoms with Crippen LogP contribution in [0.2, 0.25) is 0 Å². The van der Waals surface area contributed by atoms with Gasteiger partial charge in [0.25, 0.3) is 0 Å². The van der Waals surface area contributed by atoms with Gasteiger partial charge in [-0.25, -0.2) is 13.1 Å². The van der Waals surface area contributed by atoms with Crippen LogP contribution < -0.4 is 4.72 Å². The first-order valence-electron chi connectivity index (χ1n) is 11.2. The first kappa shape index (κ1) is 22.1. The van der Waals surface area contributed by atoms with Crippen molar-refractivity contribution in [2.45, 2.75) is 18.4 Å². The number of hydrogen-bond donors (Lipinski definition) is 1. The molecule has 0 bridgehead atoms. The van der Waals surface area contributed by atoms with Crippen LogP contribution in [0.5, 0.6) is 0 Å². The number of nitrogens with zero attached hydrogens (tertiary/aromatic N) is 5. The van der Waals surface area contributed by atoms with Crippen molar-refractivity contribution in [1.29, 1.82) is 0 Å². The van der Waals surface area contributed by atoms with Gasteiger partial charge in [0.1, 0.15) is 0 Å². The molecule has 0 spiro atoms.